The van der Waals surface area contributed by atoms with Gasteiger partial charge in [-0.1, -0.05) is 36.4 Å². The summed E-state index contributed by atoms with van der Waals surface area (Å²) in [5.74, 6) is 0.139. The van der Waals surface area contributed by atoms with Gasteiger partial charge in [-0.25, -0.2) is 12.4 Å². The number of H-pyrrole nitrogens is 1. The summed E-state index contributed by atoms with van der Waals surface area (Å²) in [6, 6.07) is 18.9. The number of amides is 1. The lowest BCUT2D eigenvalue weighted by Gasteiger charge is -2.16. The highest BCUT2D eigenvalue weighted by Crippen LogP contribution is 2.45. The Kier molecular flexibility index (Phi) is 6.35. The molecule has 8 nitrogen and oxygen atoms in total. The quantitative estimate of drug-likeness (QED) is 0.208. The second kappa shape index (κ2) is 9.49. The number of phenolic OH excluding ortho intramolecular Hbond substituents is 1. The Morgan fingerprint density at radius 1 is 1.08 bits per heavy atom. The van der Waals surface area contributed by atoms with E-state index in [1.165, 1.54) is 40.4 Å². The lowest BCUT2D eigenvalue weighted by atomic mass is 9.98. The van der Waals surface area contributed by atoms with Crippen molar-refractivity contribution in [2.45, 2.75) is 11.3 Å². The number of aromatic nitrogens is 2. The Morgan fingerprint density at radius 3 is 2.49 bits per heavy atom. The van der Waals surface area contributed by atoms with Gasteiger partial charge in [0, 0.05) is 47.7 Å². The second-order valence-corrected chi connectivity index (χ2v) is 10.8. The van der Waals surface area contributed by atoms with Crippen LogP contribution in [0.2, 0.25) is 0 Å². The van der Waals surface area contributed by atoms with E-state index >= 15 is 0 Å². The molecule has 0 aliphatic rings. The molecule has 0 spiro atoms. The normalized spacial score (nSPS) is 11.8. The van der Waals surface area contributed by atoms with Crippen LogP contribution in [0.15, 0.2) is 77.8 Å². The smallest absolute Gasteiger partial charge is 0.316 e. The summed E-state index contributed by atoms with van der Waals surface area (Å²) in [5.41, 5.74) is 3.06. The molecule has 10 heteroatoms. The number of ether oxygens (including phenoxy) is 1. The third-order valence-corrected chi connectivity index (χ3v) is 8.44. The molecule has 5 aromatic rings. The van der Waals surface area contributed by atoms with Gasteiger partial charge in [0.1, 0.15) is 17.0 Å². The molecule has 0 atom stereocenters. The van der Waals surface area contributed by atoms with E-state index in [4.69, 9.17) is 16.3 Å². The average Bonchev–Trinajstić information content (AvgIpc) is 3.49. The van der Waals surface area contributed by atoms with Crippen LogP contribution in [-0.4, -0.2) is 53.4 Å². The molecule has 0 saturated carbocycles. The van der Waals surface area contributed by atoms with Crippen molar-refractivity contribution in [3.8, 4) is 22.8 Å². The first-order chi connectivity index (χ1) is 17.7. The minimum absolute atomic E-state index is 0.0752. The number of carbonyl (C=O) groups excluding carboxylic acids is 1. The number of rotatable bonds is 7. The number of fused-ring (bicyclic) bond motifs is 2. The number of nitrogens with one attached hydrogen (secondary N) is 1. The van der Waals surface area contributed by atoms with Gasteiger partial charge in [-0.05, 0) is 47.9 Å². The van der Waals surface area contributed by atoms with Crippen molar-refractivity contribution in [1.82, 2.24) is 13.9 Å². The number of halogens is 1. The molecule has 1 amide bonds. The topological polar surface area (TPSA) is 105 Å². The fourth-order valence-corrected chi connectivity index (χ4v) is 6.09. The van der Waals surface area contributed by atoms with E-state index in [9.17, 15) is 18.3 Å². The molecule has 0 radical (unpaired) electrons. The van der Waals surface area contributed by atoms with E-state index in [1.807, 2.05) is 24.3 Å². The lowest BCUT2D eigenvalue weighted by Crippen LogP contribution is -2.23. The number of phenols is 1. The first-order valence-electron chi connectivity index (χ1n) is 11.5. The maximum atomic E-state index is 13.5. The molecule has 0 aliphatic heterocycles. The van der Waals surface area contributed by atoms with Gasteiger partial charge < -0.3 is 19.7 Å². The predicted octanol–water partition coefficient (Wildman–Crippen LogP) is 5.57. The van der Waals surface area contributed by atoms with Gasteiger partial charge in [0.2, 0.25) is 0 Å². The van der Waals surface area contributed by atoms with Crippen molar-refractivity contribution in [3.63, 3.8) is 0 Å². The Balaban J connectivity index is 1.77. The van der Waals surface area contributed by atoms with E-state index < -0.39 is 15.4 Å². The summed E-state index contributed by atoms with van der Waals surface area (Å²) in [4.78, 5) is 16.5. The van der Waals surface area contributed by atoms with Gasteiger partial charge in [-0.2, -0.15) is 0 Å². The molecular weight excluding hydrogens is 514 g/mol. The van der Waals surface area contributed by atoms with Crippen molar-refractivity contribution in [3.05, 3.63) is 78.5 Å². The molecule has 190 valence electrons. The van der Waals surface area contributed by atoms with Crippen LogP contribution in [0.25, 0.3) is 33.1 Å². The Morgan fingerprint density at radius 2 is 1.78 bits per heavy atom. The highest BCUT2D eigenvalue weighted by molar-refractivity contribution is 7.90. The van der Waals surface area contributed by atoms with E-state index in [1.54, 1.807) is 31.3 Å². The summed E-state index contributed by atoms with van der Waals surface area (Å²) < 4.78 is 33.8. The maximum Gasteiger partial charge on any atom is 0.316 e. The van der Waals surface area contributed by atoms with Gasteiger partial charge in [-0.3, -0.25) is 4.79 Å². The number of likely N-dealkylation sites (N-methyl/N-ethyl adjacent to an activating group) is 1. The average molecular weight is 538 g/mol. The molecular formula is C27H24ClN3O5S. The van der Waals surface area contributed by atoms with Crippen molar-refractivity contribution in [2.24, 2.45) is 0 Å². The molecule has 2 N–H and O–H groups in total. The highest BCUT2D eigenvalue weighted by Gasteiger charge is 2.26. The third kappa shape index (κ3) is 4.20. The number of para-hydroxylation sites is 1. The van der Waals surface area contributed by atoms with Crippen LogP contribution in [0.4, 0.5) is 4.79 Å². The lowest BCUT2D eigenvalue weighted by molar-refractivity contribution is 0.232. The van der Waals surface area contributed by atoms with Gasteiger partial charge >= 0.3 is 5.37 Å². The van der Waals surface area contributed by atoms with E-state index in [0.29, 0.717) is 35.1 Å². The minimum Gasteiger partial charge on any atom is -0.507 e. The number of hydrogen-bond acceptors (Lipinski definition) is 5. The molecule has 0 aliphatic carbocycles. The summed E-state index contributed by atoms with van der Waals surface area (Å²) in [6.07, 6.45) is 1.91. The molecule has 3 aromatic carbocycles. The van der Waals surface area contributed by atoms with Crippen molar-refractivity contribution in [2.75, 3.05) is 20.7 Å². The van der Waals surface area contributed by atoms with Gasteiger partial charge in [0.25, 0.3) is 10.0 Å². The fourth-order valence-electron chi connectivity index (χ4n) is 4.63. The standard InChI is InChI=1S/C27H24ClN3O5S/c1-30(27(28)33)14-12-19-18-10-6-7-11-21(18)29-25(19)24-20-13-15-31(26(20)23(36-2)16-22(24)32)37(34,35)17-8-4-3-5-9-17/h3-11,13,15-16,29,32H,12,14H2,1-2H3. The largest absolute Gasteiger partial charge is 0.507 e. The summed E-state index contributed by atoms with van der Waals surface area (Å²) in [6.45, 7) is 0.348. The molecule has 0 bridgehead atoms. The molecule has 0 saturated heterocycles. The van der Waals surface area contributed by atoms with Crippen molar-refractivity contribution >= 4 is 48.8 Å². The molecule has 2 aromatic heterocycles. The zero-order valence-electron chi connectivity index (χ0n) is 20.1. The van der Waals surface area contributed by atoms with Crippen LogP contribution >= 0.6 is 11.6 Å². The Labute approximate surface area is 218 Å². The number of benzene rings is 3. The number of hydrogen-bond donors (Lipinski definition) is 2. The monoisotopic (exact) mass is 537 g/mol. The van der Waals surface area contributed by atoms with Gasteiger partial charge in [0.15, 0.2) is 0 Å². The SMILES string of the molecule is COc1cc(O)c(-c2[nH]c3ccccc3c2CCN(C)C(=O)Cl)c2ccn(S(=O)(=O)c3ccccc3)c12. The molecule has 2 heterocycles. The third-order valence-electron chi connectivity index (χ3n) is 6.46. The van der Waals surface area contributed by atoms with Gasteiger partial charge in [-0.15, -0.1) is 0 Å². The van der Waals surface area contributed by atoms with Crippen LogP contribution in [0.5, 0.6) is 11.5 Å². The van der Waals surface area contributed by atoms with E-state index in [0.717, 1.165) is 16.5 Å². The number of methoxy groups -OCH3 is 1. The van der Waals surface area contributed by atoms with Crippen LogP contribution in [0.3, 0.4) is 0 Å². The Bertz CT molecular complexity index is 1740. The van der Waals surface area contributed by atoms with Crippen molar-refractivity contribution < 1.29 is 23.1 Å². The van der Waals surface area contributed by atoms with E-state index in [2.05, 4.69) is 4.98 Å². The molecule has 0 fully saturated rings. The molecule has 0 unspecified atom stereocenters. The summed E-state index contributed by atoms with van der Waals surface area (Å²) in [7, 11) is -0.909. The highest BCUT2D eigenvalue weighted by atomic mass is 35.5. The van der Waals surface area contributed by atoms with Crippen LogP contribution in [-0.2, 0) is 16.4 Å². The maximum absolute atomic E-state index is 13.5. The first kappa shape index (κ1) is 24.7. The van der Waals surface area contributed by atoms with Crippen LogP contribution in [0, 0.1) is 0 Å². The van der Waals surface area contributed by atoms with E-state index in [-0.39, 0.29) is 16.4 Å². The minimum atomic E-state index is -3.95. The first-order valence-corrected chi connectivity index (χ1v) is 13.3. The summed E-state index contributed by atoms with van der Waals surface area (Å²) in [5, 5.41) is 12.0. The number of nitrogens with zero attached hydrogens (tertiary/aromatic N) is 2. The number of aromatic hydroxyl groups is 1. The van der Waals surface area contributed by atoms with Gasteiger partial charge in [0.05, 0.1) is 17.7 Å². The zero-order valence-corrected chi connectivity index (χ0v) is 21.7. The molecule has 5 rings (SSSR count). The van der Waals surface area contributed by atoms with Crippen molar-refractivity contribution in [1.29, 1.82) is 0 Å². The fraction of sp³-hybridized carbons (Fsp3) is 0.148. The van der Waals surface area contributed by atoms with Crippen LogP contribution < -0.4 is 4.74 Å². The Hall–Kier alpha value is -3.95. The zero-order chi connectivity index (χ0) is 26.3. The summed E-state index contributed by atoms with van der Waals surface area (Å²) >= 11 is 5.64. The second-order valence-electron chi connectivity index (χ2n) is 8.61. The predicted molar refractivity (Wildman–Crippen MR) is 144 cm³/mol. The number of carbonyl (C=O) groups is 1. The number of aromatic amines is 1. The van der Waals surface area contributed by atoms with Crippen LogP contribution in [0.1, 0.15) is 5.56 Å². The molecule has 37 heavy (non-hydrogen) atoms.